The Bertz CT molecular complexity index is 1110. The molecular weight excluding hydrogens is 765 g/mol. The summed E-state index contributed by atoms with van der Waals surface area (Å²) in [7, 11) is 0. The summed E-state index contributed by atoms with van der Waals surface area (Å²) in [6, 6.07) is 0. The highest BCUT2D eigenvalue weighted by Crippen LogP contribution is 2.15. The van der Waals surface area contributed by atoms with Gasteiger partial charge in [-0.25, -0.2) is 0 Å². The summed E-state index contributed by atoms with van der Waals surface area (Å²) in [5.41, 5.74) is 0. The van der Waals surface area contributed by atoms with Gasteiger partial charge in [0, 0.05) is 19.4 Å². The quantitative estimate of drug-likeness (QED) is 0.0346. The molecule has 1 atom stereocenters. The Morgan fingerprint density at radius 2 is 0.710 bits per heavy atom. The molecule has 0 rings (SSSR count). The second-order valence-electron chi connectivity index (χ2n) is 17.4. The van der Waals surface area contributed by atoms with Crippen LogP contribution in [0.4, 0.5) is 0 Å². The van der Waals surface area contributed by atoms with Crippen LogP contribution >= 0.6 is 0 Å². The first-order valence-electron chi connectivity index (χ1n) is 26.5. The fourth-order valence-electron chi connectivity index (χ4n) is 7.35. The lowest BCUT2D eigenvalue weighted by molar-refractivity contribution is -0.163. The number of hydrogen-bond donors (Lipinski definition) is 0. The van der Waals surface area contributed by atoms with E-state index >= 15 is 0 Å². The van der Waals surface area contributed by atoms with Gasteiger partial charge in [-0.3, -0.25) is 9.59 Å². The van der Waals surface area contributed by atoms with Gasteiger partial charge in [-0.1, -0.05) is 248 Å². The molecule has 0 heterocycles. The van der Waals surface area contributed by atoms with E-state index in [0.29, 0.717) is 19.4 Å². The van der Waals surface area contributed by atoms with Crippen LogP contribution in [0.1, 0.15) is 252 Å². The molecule has 62 heavy (non-hydrogen) atoms. The summed E-state index contributed by atoms with van der Waals surface area (Å²) in [4.78, 5) is 25.4. The molecule has 0 N–H and O–H groups in total. The number of esters is 2. The summed E-state index contributed by atoms with van der Waals surface area (Å²) in [5.74, 6) is -0.422. The van der Waals surface area contributed by atoms with Crippen molar-refractivity contribution in [1.82, 2.24) is 0 Å². The van der Waals surface area contributed by atoms with E-state index in [0.717, 1.165) is 77.0 Å². The molecule has 0 aromatic carbocycles. The molecule has 0 bridgehead atoms. The maximum absolute atomic E-state index is 12.8. The van der Waals surface area contributed by atoms with Gasteiger partial charge in [-0.2, -0.15) is 0 Å². The third kappa shape index (κ3) is 50.0. The van der Waals surface area contributed by atoms with Crippen molar-refractivity contribution in [2.24, 2.45) is 0 Å². The second-order valence-corrected chi connectivity index (χ2v) is 17.4. The highest BCUT2D eigenvalue weighted by Gasteiger charge is 2.17. The smallest absolute Gasteiger partial charge is 0.306 e. The van der Waals surface area contributed by atoms with Gasteiger partial charge in [0.05, 0.1) is 6.61 Å². The first kappa shape index (κ1) is 59.3. The van der Waals surface area contributed by atoms with Crippen molar-refractivity contribution in [2.75, 3.05) is 19.8 Å². The molecular formula is C57H100O5. The zero-order valence-electron chi connectivity index (χ0n) is 41.1. The summed E-state index contributed by atoms with van der Waals surface area (Å²) in [6.45, 7) is 7.59. The van der Waals surface area contributed by atoms with Gasteiger partial charge in [0.15, 0.2) is 6.10 Å². The average molecular weight is 865 g/mol. The van der Waals surface area contributed by atoms with Crippen LogP contribution in [0.5, 0.6) is 0 Å². The third-order valence-electron chi connectivity index (χ3n) is 11.3. The maximum Gasteiger partial charge on any atom is 0.306 e. The molecule has 0 saturated carbocycles. The standard InChI is InChI=1S/C57H100O5/c1-4-7-10-13-16-19-22-24-26-27-28-29-30-32-34-37-40-43-46-49-52-60-53-55(62-57(59)51-48-45-42-39-35-21-18-15-12-9-6-3)54-61-56(58)50-47-44-41-38-36-33-31-25-23-20-17-14-11-8-5-2/h7,10,16,19,24,26,28-29,32,34,40,43,55H,4-6,8-9,11-15,17-18,20-23,25,27,30-31,33,35-39,41-42,44-54H2,1-3H3/b10-7-,19-16-,26-24-,29-28-,34-32-,43-40-. The zero-order chi connectivity index (χ0) is 44.9. The van der Waals surface area contributed by atoms with Gasteiger partial charge in [0.1, 0.15) is 6.61 Å². The fraction of sp³-hybridized carbons (Fsp3) is 0.754. The van der Waals surface area contributed by atoms with E-state index in [4.69, 9.17) is 14.2 Å². The van der Waals surface area contributed by atoms with E-state index in [2.05, 4.69) is 93.7 Å². The van der Waals surface area contributed by atoms with Crippen LogP contribution in [-0.2, 0) is 23.8 Å². The fourth-order valence-corrected chi connectivity index (χ4v) is 7.35. The number of ether oxygens (including phenoxy) is 3. The van der Waals surface area contributed by atoms with Crippen LogP contribution in [0.3, 0.4) is 0 Å². The minimum atomic E-state index is -0.564. The van der Waals surface area contributed by atoms with Crippen molar-refractivity contribution in [3.05, 3.63) is 72.9 Å². The Labute approximate surface area is 385 Å². The lowest BCUT2D eigenvalue weighted by atomic mass is 10.0. The molecule has 0 aliphatic carbocycles. The van der Waals surface area contributed by atoms with Crippen molar-refractivity contribution in [2.45, 2.75) is 258 Å². The van der Waals surface area contributed by atoms with E-state index in [1.165, 1.54) is 141 Å². The van der Waals surface area contributed by atoms with Crippen molar-refractivity contribution in [1.29, 1.82) is 0 Å². The Balaban J connectivity index is 4.32. The normalized spacial score (nSPS) is 12.8. The van der Waals surface area contributed by atoms with Gasteiger partial charge in [-0.05, 0) is 64.2 Å². The van der Waals surface area contributed by atoms with Crippen LogP contribution in [-0.4, -0.2) is 37.9 Å². The predicted octanol–water partition coefficient (Wildman–Crippen LogP) is 17.9. The minimum Gasteiger partial charge on any atom is -0.462 e. The lowest BCUT2D eigenvalue weighted by Gasteiger charge is -2.18. The molecule has 0 fully saturated rings. The number of carbonyl (C=O) groups is 2. The molecule has 5 nitrogen and oxygen atoms in total. The monoisotopic (exact) mass is 865 g/mol. The summed E-state index contributed by atoms with van der Waals surface area (Å²) in [5, 5.41) is 0. The Kier molecular flexibility index (Phi) is 50.4. The van der Waals surface area contributed by atoms with Gasteiger partial charge in [0.25, 0.3) is 0 Å². The molecule has 0 amide bonds. The Morgan fingerprint density at radius 3 is 1.10 bits per heavy atom. The van der Waals surface area contributed by atoms with E-state index in [9.17, 15) is 9.59 Å². The average Bonchev–Trinajstić information content (AvgIpc) is 3.27. The van der Waals surface area contributed by atoms with Crippen LogP contribution < -0.4 is 0 Å². The Hall–Kier alpha value is -2.66. The van der Waals surface area contributed by atoms with Crippen LogP contribution in [0, 0.1) is 0 Å². The Morgan fingerprint density at radius 1 is 0.371 bits per heavy atom. The number of hydrogen-bond acceptors (Lipinski definition) is 5. The molecule has 358 valence electrons. The number of unbranched alkanes of at least 4 members (excludes halogenated alkanes) is 25. The molecule has 0 saturated heterocycles. The zero-order valence-corrected chi connectivity index (χ0v) is 41.1. The van der Waals surface area contributed by atoms with Gasteiger partial charge >= 0.3 is 11.9 Å². The van der Waals surface area contributed by atoms with Crippen molar-refractivity contribution in [3.8, 4) is 0 Å². The lowest BCUT2D eigenvalue weighted by Crippen LogP contribution is -2.30. The van der Waals surface area contributed by atoms with Crippen molar-refractivity contribution in [3.63, 3.8) is 0 Å². The van der Waals surface area contributed by atoms with Gasteiger partial charge in [0.2, 0.25) is 0 Å². The largest absolute Gasteiger partial charge is 0.462 e. The van der Waals surface area contributed by atoms with Crippen LogP contribution in [0.25, 0.3) is 0 Å². The number of allylic oxidation sites excluding steroid dienone is 12. The first-order chi connectivity index (χ1) is 30.6. The van der Waals surface area contributed by atoms with Crippen molar-refractivity contribution >= 4 is 11.9 Å². The number of rotatable bonds is 48. The van der Waals surface area contributed by atoms with Gasteiger partial charge in [-0.15, -0.1) is 0 Å². The summed E-state index contributed by atoms with van der Waals surface area (Å²) in [6.07, 6.45) is 67.8. The van der Waals surface area contributed by atoms with Gasteiger partial charge < -0.3 is 14.2 Å². The van der Waals surface area contributed by atoms with E-state index in [1.807, 2.05) is 0 Å². The van der Waals surface area contributed by atoms with E-state index in [-0.39, 0.29) is 25.2 Å². The first-order valence-corrected chi connectivity index (χ1v) is 26.5. The highest BCUT2D eigenvalue weighted by molar-refractivity contribution is 5.70. The molecule has 0 radical (unpaired) electrons. The third-order valence-corrected chi connectivity index (χ3v) is 11.3. The molecule has 0 aromatic rings. The summed E-state index contributed by atoms with van der Waals surface area (Å²) >= 11 is 0. The second kappa shape index (κ2) is 52.7. The van der Waals surface area contributed by atoms with Crippen LogP contribution in [0.2, 0.25) is 0 Å². The number of carbonyl (C=O) groups excluding carboxylic acids is 2. The molecule has 0 spiro atoms. The van der Waals surface area contributed by atoms with Crippen LogP contribution in [0.15, 0.2) is 72.9 Å². The molecule has 5 heteroatoms. The predicted molar refractivity (Wildman–Crippen MR) is 270 cm³/mol. The topological polar surface area (TPSA) is 61.8 Å². The SMILES string of the molecule is CC/C=C\C/C=C\C/C=C\C/C=C\C/C=C\C/C=C\CCCOCC(COC(=O)CCCCCCCCCCCCCCCCC)OC(=O)CCCCCCCCCCCCC. The molecule has 0 aliphatic heterocycles. The maximum atomic E-state index is 12.8. The highest BCUT2D eigenvalue weighted by atomic mass is 16.6. The molecule has 1 unspecified atom stereocenters. The molecule has 0 aromatic heterocycles. The van der Waals surface area contributed by atoms with E-state index in [1.54, 1.807) is 0 Å². The molecule has 0 aliphatic rings. The van der Waals surface area contributed by atoms with Crippen molar-refractivity contribution < 1.29 is 23.8 Å². The minimum absolute atomic E-state index is 0.0642. The summed E-state index contributed by atoms with van der Waals surface area (Å²) < 4.78 is 17.3. The van der Waals surface area contributed by atoms with E-state index < -0.39 is 6.10 Å².